The maximum Gasteiger partial charge on any atom is 0.302 e. The Morgan fingerprint density at radius 3 is 2.20 bits per heavy atom. The number of hydrogen-bond acceptors (Lipinski definition) is 3. The van der Waals surface area contributed by atoms with E-state index in [0.29, 0.717) is 39.1 Å². The van der Waals surface area contributed by atoms with Crippen molar-refractivity contribution >= 4 is 5.97 Å². The molecule has 2 bridgehead atoms. The van der Waals surface area contributed by atoms with Gasteiger partial charge in [0.2, 0.25) is 0 Å². The second kappa shape index (κ2) is 7.29. The van der Waals surface area contributed by atoms with E-state index in [1.807, 2.05) is 0 Å². The number of ether oxygens (including phenoxy) is 2. The van der Waals surface area contributed by atoms with E-state index in [9.17, 15) is 4.79 Å². The molecule has 0 N–H and O–H groups in total. The van der Waals surface area contributed by atoms with Crippen LogP contribution in [0.25, 0.3) is 0 Å². The van der Waals surface area contributed by atoms with Crippen LogP contribution in [0.2, 0.25) is 0 Å². The lowest BCUT2D eigenvalue weighted by molar-refractivity contribution is -0.254. The SMILES string of the molecule is CC(=O)O[C@@H]1CC[C@]2(C)[C@H](CC[C@]3(C)[C@@H]2CC[C@@H]2[C@H]4[C@H]5OC[C@@]4(CCC5(C)C)CC[C@@]23C)C1(C)C. The molecule has 0 aromatic rings. The van der Waals surface area contributed by atoms with Crippen molar-refractivity contribution in [3.05, 3.63) is 0 Å². The molecule has 6 aliphatic rings. The zero-order valence-electron chi connectivity index (χ0n) is 24.0. The standard InChI is InChI=1S/C32H52O3/c1-20(33)35-24-12-13-29(6)22(28(24,4)5)11-14-31(8)23(29)10-9-21-25-26-27(2,3)15-17-32(25,19-34-26)18-16-30(21,31)7/h21-26H,9-19H2,1-8H3/t21-,22-,23-,24-,25+,26-,29-,30+,31-,32-/m1/s1. The van der Waals surface area contributed by atoms with E-state index in [4.69, 9.17) is 9.47 Å². The minimum absolute atomic E-state index is 0.0503. The number of fused-ring (bicyclic) bond motifs is 5. The summed E-state index contributed by atoms with van der Waals surface area (Å²) < 4.78 is 12.7. The van der Waals surface area contributed by atoms with Crippen LogP contribution in [0.1, 0.15) is 120 Å². The second-order valence-corrected chi connectivity index (χ2v) is 16.2. The highest BCUT2D eigenvalue weighted by Crippen LogP contribution is 2.78. The molecule has 5 aliphatic carbocycles. The van der Waals surface area contributed by atoms with Crippen molar-refractivity contribution in [2.75, 3.05) is 6.61 Å². The average Bonchev–Trinajstić information content (AvgIpc) is 3.10. The van der Waals surface area contributed by atoms with Gasteiger partial charge in [0.1, 0.15) is 6.10 Å². The van der Waals surface area contributed by atoms with Gasteiger partial charge in [-0.1, -0.05) is 48.5 Å². The largest absolute Gasteiger partial charge is 0.462 e. The van der Waals surface area contributed by atoms with Crippen LogP contribution in [0.4, 0.5) is 0 Å². The minimum Gasteiger partial charge on any atom is -0.462 e. The molecule has 0 aromatic carbocycles. The van der Waals surface area contributed by atoms with Crippen LogP contribution in [0, 0.1) is 56.2 Å². The molecule has 0 aromatic heterocycles. The number of carbonyl (C=O) groups excluding carboxylic acids is 1. The predicted molar refractivity (Wildman–Crippen MR) is 140 cm³/mol. The number of rotatable bonds is 1. The monoisotopic (exact) mass is 484 g/mol. The van der Waals surface area contributed by atoms with Crippen LogP contribution in [0.15, 0.2) is 0 Å². The van der Waals surface area contributed by atoms with E-state index < -0.39 is 0 Å². The number of hydrogen-bond donors (Lipinski definition) is 0. The quantitative estimate of drug-likeness (QED) is 0.356. The molecule has 3 heteroatoms. The molecular formula is C32H52O3. The molecule has 10 atom stereocenters. The molecule has 1 aliphatic heterocycles. The van der Waals surface area contributed by atoms with Crippen LogP contribution in [0.5, 0.6) is 0 Å². The van der Waals surface area contributed by atoms with Crippen molar-refractivity contribution in [3.63, 3.8) is 0 Å². The zero-order chi connectivity index (χ0) is 25.2. The van der Waals surface area contributed by atoms with Crippen LogP contribution in [-0.2, 0) is 14.3 Å². The van der Waals surface area contributed by atoms with Gasteiger partial charge < -0.3 is 9.47 Å². The Hall–Kier alpha value is -0.570. The van der Waals surface area contributed by atoms with E-state index in [0.717, 1.165) is 30.8 Å². The fourth-order valence-electron chi connectivity index (χ4n) is 12.4. The lowest BCUT2D eigenvalue weighted by atomic mass is 9.31. The van der Waals surface area contributed by atoms with Gasteiger partial charge in [-0.25, -0.2) is 0 Å². The first-order valence-electron chi connectivity index (χ1n) is 15.0. The Balaban J connectivity index is 1.35. The van der Waals surface area contributed by atoms with Crippen molar-refractivity contribution in [2.45, 2.75) is 132 Å². The molecule has 0 unspecified atom stereocenters. The Labute approximate surface area is 214 Å². The molecule has 0 spiro atoms. The molecule has 5 saturated carbocycles. The molecule has 1 saturated heterocycles. The molecule has 3 nitrogen and oxygen atoms in total. The first-order chi connectivity index (χ1) is 16.2. The highest BCUT2D eigenvalue weighted by molar-refractivity contribution is 5.66. The molecule has 6 rings (SSSR count). The van der Waals surface area contributed by atoms with Gasteiger partial charge in [0.05, 0.1) is 12.7 Å². The van der Waals surface area contributed by atoms with Gasteiger partial charge in [-0.2, -0.15) is 0 Å². The lowest BCUT2D eigenvalue weighted by Crippen LogP contribution is -2.67. The summed E-state index contributed by atoms with van der Waals surface area (Å²) in [6.07, 6.45) is 13.7. The second-order valence-electron chi connectivity index (χ2n) is 16.2. The van der Waals surface area contributed by atoms with Crippen molar-refractivity contribution in [3.8, 4) is 0 Å². The molecule has 0 amide bonds. The maximum absolute atomic E-state index is 11.9. The van der Waals surface area contributed by atoms with E-state index in [1.165, 1.54) is 57.8 Å². The Morgan fingerprint density at radius 1 is 0.771 bits per heavy atom. The third-order valence-electron chi connectivity index (χ3n) is 14.4. The molecule has 1 heterocycles. The van der Waals surface area contributed by atoms with Gasteiger partial charge in [-0.15, -0.1) is 0 Å². The molecule has 0 radical (unpaired) electrons. The van der Waals surface area contributed by atoms with Gasteiger partial charge in [0.25, 0.3) is 0 Å². The summed E-state index contributed by atoms with van der Waals surface area (Å²) in [6.45, 7) is 20.5. The third kappa shape index (κ3) is 2.97. The Kier molecular flexibility index (Phi) is 5.16. The summed E-state index contributed by atoms with van der Waals surface area (Å²) in [5, 5.41) is 0. The smallest absolute Gasteiger partial charge is 0.302 e. The van der Waals surface area contributed by atoms with Crippen LogP contribution in [0.3, 0.4) is 0 Å². The first-order valence-corrected chi connectivity index (χ1v) is 15.0. The molecule has 6 fully saturated rings. The van der Waals surface area contributed by atoms with Crippen LogP contribution < -0.4 is 0 Å². The molecular weight excluding hydrogens is 432 g/mol. The summed E-state index contributed by atoms with van der Waals surface area (Å²) in [4.78, 5) is 11.9. The molecule has 35 heavy (non-hydrogen) atoms. The van der Waals surface area contributed by atoms with Gasteiger partial charge >= 0.3 is 5.97 Å². The van der Waals surface area contributed by atoms with Gasteiger partial charge in [-0.3, -0.25) is 4.79 Å². The normalized spacial score (nSPS) is 55.7. The van der Waals surface area contributed by atoms with E-state index in [-0.39, 0.29) is 17.5 Å². The van der Waals surface area contributed by atoms with Crippen molar-refractivity contribution < 1.29 is 14.3 Å². The highest BCUT2D eigenvalue weighted by Gasteiger charge is 2.72. The van der Waals surface area contributed by atoms with Gasteiger partial charge in [-0.05, 0) is 115 Å². The predicted octanol–water partition coefficient (Wildman–Crippen LogP) is 7.81. The minimum atomic E-state index is -0.108. The van der Waals surface area contributed by atoms with E-state index >= 15 is 0 Å². The lowest BCUT2D eigenvalue weighted by Gasteiger charge is -2.73. The first kappa shape index (κ1) is 24.7. The van der Waals surface area contributed by atoms with Crippen molar-refractivity contribution in [1.82, 2.24) is 0 Å². The fraction of sp³-hybridized carbons (Fsp3) is 0.969. The van der Waals surface area contributed by atoms with Crippen molar-refractivity contribution in [2.24, 2.45) is 56.2 Å². The summed E-state index contributed by atoms with van der Waals surface area (Å²) in [5.74, 6) is 2.88. The fourth-order valence-corrected chi connectivity index (χ4v) is 12.4. The average molecular weight is 485 g/mol. The van der Waals surface area contributed by atoms with Gasteiger partial charge in [0, 0.05) is 12.3 Å². The topological polar surface area (TPSA) is 35.5 Å². The Bertz CT molecular complexity index is 906. The van der Waals surface area contributed by atoms with E-state index in [1.54, 1.807) is 6.92 Å². The van der Waals surface area contributed by atoms with Gasteiger partial charge in [0.15, 0.2) is 0 Å². The Morgan fingerprint density at radius 2 is 1.49 bits per heavy atom. The van der Waals surface area contributed by atoms with Crippen LogP contribution in [-0.4, -0.2) is 24.8 Å². The third-order valence-corrected chi connectivity index (χ3v) is 14.4. The van der Waals surface area contributed by atoms with Crippen LogP contribution >= 0.6 is 0 Å². The van der Waals surface area contributed by atoms with Crippen molar-refractivity contribution in [1.29, 1.82) is 0 Å². The summed E-state index contributed by atoms with van der Waals surface area (Å²) in [7, 11) is 0. The summed E-state index contributed by atoms with van der Waals surface area (Å²) in [5.41, 5.74) is 2.00. The summed E-state index contributed by atoms with van der Waals surface area (Å²) >= 11 is 0. The summed E-state index contributed by atoms with van der Waals surface area (Å²) in [6, 6.07) is 0. The zero-order valence-corrected chi connectivity index (χ0v) is 24.0. The molecule has 198 valence electrons. The van der Waals surface area contributed by atoms with E-state index in [2.05, 4.69) is 48.5 Å². The maximum atomic E-state index is 11.9. The number of esters is 1. The highest BCUT2D eigenvalue weighted by atomic mass is 16.5. The number of carbonyl (C=O) groups is 1.